The van der Waals surface area contributed by atoms with E-state index in [1.165, 1.54) is 36.4 Å². The van der Waals surface area contributed by atoms with E-state index in [2.05, 4.69) is 4.72 Å². The van der Waals surface area contributed by atoms with E-state index in [1.54, 1.807) is 6.07 Å². The molecule has 2 aliphatic rings. The number of hydrogen-bond donors (Lipinski definition) is 1. The van der Waals surface area contributed by atoms with Crippen LogP contribution < -0.4 is 4.72 Å². The molecule has 0 heterocycles. The second-order valence-corrected chi connectivity index (χ2v) is 9.40. The molecular weight excluding hydrogens is 379 g/mol. The summed E-state index contributed by atoms with van der Waals surface area (Å²) in [5.74, 6) is 0.0460. The number of sulfonamides is 1. The van der Waals surface area contributed by atoms with Gasteiger partial charge in [-0.2, -0.15) is 0 Å². The first-order valence-corrected chi connectivity index (χ1v) is 11.0. The summed E-state index contributed by atoms with van der Waals surface area (Å²) in [5, 5.41) is 0. The molecule has 2 aliphatic carbocycles. The highest BCUT2D eigenvalue weighted by Crippen LogP contribution is 2.36. The number of benzene rings is 2. The van der Waals surface area contributed by atoms with Crippen LogP contribution in [0, 0.1) is 18.7 Å². The van der Waals surface area contributed by atoms with Crippen molar-refractivity contribution in [3.05, 3.63) is 59.4 Å². The van der Waals surface area contributed by atoms with E-state index >= 15 is 0 Å². The maximum Gasteiger partial charge on any atom is 0.261 e. The SMILES string of the molecule is Cc1ccc(S(=O)(=O)Nc2ccc(F)cc2)cc1C(=O)N(CC1CC1)C1CC1. The quantitative estimate of drug-likeness (QED) is 0.763. The van der Waals surface area contributed by atoms with Crippen LogP contribution in [-0.2, 0) is 10.0 Å². The molecule has 0 aliphatic heterocycles. The summed E-state index contributed by atoms with van der Waals surface area (Å²) < 4.78 is 41.0. The van der Waals surface area contributed by atoms with Crippen LogP contribution >= 0.6 is 0 Å². The van der Waals surface area contributed by atoms with Gasteiger partial charge in [-0.15, -0.1) is 0 Å². The first-order chi connectivity index (χ1) is 13.3. The maximum absolute atomic E-state index is 13.2. The summed E-state index contributed by atoms with van der Waals surface area (Å²) in [5.41, 5.74) is 1.45. The molecule has 28 heavy (non-hydrogen) atoms. The predicted octanol–water partition coefficient (Wildman–Crippen LogP) is 3.95. The van der Waals surface area contributed by atoms with Gasteiger partial charge in [0.2, 0.25) is 0 Å². The third kappa shape index (κ3) is 4.19. The summed E-state index contributed by atoms with van der Waals surface area (Å²) in [6.07, 6.45) is 4.35. The Morgan fingerprint density at radius 1 is 1.11 bits per heavy atom. The van der Waals surface area contributed by atoms with Crippen molar-refractivity contribution in [2.45, 2.75) is 43.5 Å². The normalized spacial score (nSPS) is 16.6. The summed E-state index contributed by atoms with van der Waals surface area (Å²) in [6.45, 7) is 2.58. The van der Waals surface area contributed by atoms with Crippen LogP contribution in [0.25, 0.3) is 0 Å². The Hall–Kier alpha value is -2.41. The fourth-order valence-corrected chi connectivity index (χ4v) is 4.33. The topological polar surface area (TPSA) is 66.5 Å². The molecule has 7 heteroatoms. The third-order valence-electron chi connectivity index (χ3n) is 5.25. The standard InChI is InChI=1S/C21H23FN2O3S/c1-14-2-11-19(28(26,27)23-17-7-5-16(22)6-8-17)12-20(14)21(25)24(18-9-10-18)13-15-3-4-15/h2,5-8,11-12,15,18,23H,3-4,9-10,13H2,1H3. The fraction of sp³-hybridized carbons (Fsp3) is 0.381. The van der Waals surface area contributed by atoms with E-state index in [9.17, 15) is 17.6 Å². The number of halogens is 1. The Bertz CT molecular complexity index is 997. The van der Waals surface area contributed by atoms with Crippen LogP contribution in [0.5, 0.6) is 0 Å². The monoisotopic (exact) mass is 402 g/mol. The Balaban J connectivity index is 1.60. The molecule has 2 saturated carbocycles. The number of rotatable bonds is 7. The molecule has 2 aromatic carbocycles. The van der Waals surface area contributed by atoms with E-state index in [0.29, 0.717) is 11.5 Å². The van der Waals surface area contributed by atoms with E-state index in [4.69, 9.17) is 0 Å². The van der Waals surface area contributed by atoms with Crippen LogP contribution in [0.1, 0.15) is 41.6 Å². The number of carbonyl (C=O) groups excluding carboxylic acids is 1. The lowest BCUT2D eigenvalue weighted by atomic mass is 10.1. The number of aryl methyl sites for hydroxylation is 1. The van der Waals surface area contributed by atoms with Crippen LogP contribution in [0.4, 0.5) is 10.1 Å². The van der Waals surface area contributed by atoms with Gasteiger partial charge in [0.25, 0.3) is 15.9 Å². The lowest BCUT2D eigenvalue weighted by Gasteiger charge is -2.23. The zero-order valence-corrected chi connectivity index (χ0v) is 16.5. The molecule has 0 saturated heterocycles. The van der Waals surface area contributed by atoms with Crippen molar-refractivity contribution in [2.24, 2.45) is 5.92 Å². The average molecular weight is 402 g/mol. The van der Waals surface area contributed by atoms with Crippen molar-refractivity contribution in [1.29, 1.82) is 0 Å². The number of carbonyl (C=O) groups is 1. The Kier molecular flexibility index (Phi) is 4.87. The van der Waals surface area contributed by atoms with Gasteiger partial charge >= 0.3 is 0 Å². The van der Waals surface area contributed by atoms with Crippen molar-refractivity contribution in [1.82, 2.24) is 4.90 Å². The molecule has 0 spiro atoms. The molecule has 0 bridgehead atoms. The van der Waals surface area contributed by atoms with E-state index in [0.717, 1.165) is 37.8 Å². The van der Waals surface area contributed by atoms with Crippen molar-refractivity contribution in [3.63, 3.8) is 0 Å². The molecule has 4 rings (SSSR count). The first-order valence-electron chi connectivity index (χ1n) is 9.53. The molecule has 2 aromatic rings. The van der Waals surface area contributed by atoms with Crippen LogP contribution in [-0.4, -0.2) is 31.8 Å². The molecular formula is C21H23FN2O3S. The molecule has 0 aromatic heterocycles. The summed E-state index contributed by atoms with van der Waals surface area (Å²) in [4.78, 5) is 15.1. The molecule has 1 amide bonds. The van der Waals surface area contributed by atoms with E-state index < -0.39 is 15.8 Å². The predicted molar refractivity (Wildman–Crippen MR) is 105 cm³/mol. The van der Waals surface area contributed by atoms with Crippen molar-refractivity contribution in [3.8, 4) is 0 Å². The summed E-state index contributed by atoms with van der Waals surface area (Å²) in [6, 6.07) is 9.97. The molecule has 5 nitrogen and oxygen atoms in total. The van der Waals surface area contributed by atoms with Crippen LogP contribution in [0.3, 0.4) is 0 Å². The highest BCUT2D eigenvalue weighted by Gasteiger charge is 2.37. The second kappa shape index (κ2) is 7.20. The summed E-state index contributed by atoms with van der Waals surface area (Å²) >= 11 is 0. The third-order valence-corrected chi connectivity index (χ3v) is 6.63. The van der Waals surface area contributed by atoms with Crippen molar-refractivity contribution >= 4 is 21.6 Å². The van der Waals surface area contributed by atoms with Gasteiger partial charge in [-0.1, -0.05) is 6.07 Å². The largest absolute Gasteiger partial charge is 0.335 e. The molecule has 2 fully saturated rings. The van der Waals surface area contributed by atoms with Crippen LogP contribution in [0.2, 0.25) is 0 Å². The van der Waals surface area contributed by atoms with Crippen LogP contribution in [0.15, 0.2) is 47.4 Å². The zero-order chi connectivity index (χ0) is 19.9. The number of hydrogen-bond acceptors (Lipinski definition) is 3. The molecule has 0 unspecified atom stereocenters. The number of anilines is 1. The molecule has 0 radical (unpaired) electrons. The van der Waals surface area contributed by atoms with Gasteiger partial charge in [0.15, 0.2) is 0 Å². The molecule has 0 atom stereocenters. The minimum atomic E-state index is -3.88. The fourth-order valence-electron chi connectivity index (χ4n) is 3.25. The number of nitrogens with zero attached hydrogens (tertiary/aromatic N) is 1. The smallest absolute Gasteiger partial charge is 0.261 e. The Labute approximate surface area is 164 Å². The minimum absolute atomic E-state index is 0.0212. The highest BCUT2D eigenvalue weighted by atomic mass is 32.2. The average Bonchev–Trinajstić information content (AvgIpc) is 3.54. The van der Waals surface area contributed by atoms with Gasteiger partial charge in [-0.05, 0) is 80.5 Å². The number of nitrogens with one attached hydrogen (secondary N) is 1. The van der Waals surface area contributed by atoms with Gasteiger partial charge < -0.3 is 4.90 Å². The van der Waals surface area contributed by atoms with Gasteiger partial charge in [0, 0.05) is 23.8 Å². The van der Waals surface area contributed by atoms with Gasteiger partial charge in [0.05, 0.1) is 4.90 Å². The summed E-state index contributed by atoms with van der Waals surface area (Å²) in [7, 11) is -3.88. The number of amides is 1. The van der Waals surface area contributed by atoms with E-state index in [-0.39, 0.29) is 22.5 Å². The Morgan fingerprint density at radius 2 is 1.79 bits per heavy atom. The Morgan fingerprint density at radius 3 is 2.39 bits per heavy atom. The van der Waals surface area contributed by atoms with Gasteiger partial charge in [-0.25, -0.2) is 12.8 Å². The van der Waals surface area contributed by atoms with Gasteiger partial charge in [-0.3, -0.25) is 9.52 Å². The lowest BCUT2D eigenvalue weighted by molar-refractivity contribution is 0.0734. The van der Waals surface area contributed by atoms with Crippen molar-refractivity contribution < 1.29 is 17.6 Å². The minimum Gasteiger partial charge on any atom is -0.335 e. The zero-order valence-electron chi connectivity index (χ0n) is 15.7. The van der Waals surface area contributed by atoms with Gasteiger partial charge in [0.1, 0.15) is 5.82 Å². The maximum atomic E-state index is 13.2. The highest BCUT2D eigenvalue weighted by molar-refractivity contribution is 7.92. The second-order valence-electron chi connectivity index (χ2n) is 7.72. The van der Waals surface area contributed by atoms with E-state index in [1.807, 2.05) is 11.8 Å². The lowest BCUT2D eigenvalue weighted by Crippen LogP contribution is -2.35. The molecule has 148 valence electrons. The molecule has 1 N–H and O–H groups in total. The first kappa shape index (κ1) is 18.9. The van der Waals surface area contributed by atoms with Crippen molar-refractivity contribution in [2.75, 3.05) is 11.3 Å².